The largest absolute Gasteiger partial charge is 0.502 e. The Bertz CT molecular complexity index is 1460. The summed E-state index contributed by atoms with van der Waals surface area (Å²) in [4.78, 5) is 0. The molecule has 0 aromatic heterocycles. The predicted octanol–water partition coefficient (Wildman–Crippen LogP) is -0.468. The van der Waals surface area contributed by atoms with Crippen molar-refractivity contribution in [2.24, 2.45) is 11.8 Å². The highest BCUT2D eigenvalue weighted by Crippen LogP contribution is 2.53. The van der Waals surface area contributed by atoms with Crippen LogP contribution in [-0.2, 0) is 23.7 Å². The normalized spacial score (nSPS) is 37.9. The molecule has 0 aliphatic carbocycles. The van der Waals surface area contributed by atoms with E-state index >= 15 is 0 Å². The SMILES string of the molecule is COc1cc(C2OCC3C(c4cc(OC)c(O[C@@H]5O[C@H](CO)[C@@H](O)[C@H](O)[C@H]5O[C@@H]5O[C@@H](C)[C@H](O)[C@@H](O)[C@H]5O)c(OC)c4)OCC23)cc(OC)c1O. The smallest absolute Gasteiger partial charge is 0.230 e. The average molecular weight is 727 g/mol. The molecule has 17 heteroatoms. The van der Waals surface area contributed by atoms with Crippen LogP contribution in [0.4, 0.5) is 0 Å². The third kappa shape index (κ3) is 6.89. The van der Waals surface area contributed by atoms with Crippen molar-refractivity contribution in [3.63, 3.8) is 0 Å². The second kappa shape index (κ2) is 15.4. The fourth-order valence-corrected chi connectivity index (χ4v) is 7.19. The molecule has 2 aromatic carbocycles. The fraction of sp³-hybridized carbons (Fsp3) is 0.647. The minimum atomic E-state index is -1.73. The molecule has 4 aliphatic heterocycles. The summed E-state index contributed by atoms with van der Waals surface area (Å²) in [5.41, 5.74) is 1.45. The highest BCUT2D eigenvalue weighted by atomic mass is 16.8. The molecule has 4 heterocycles. The van der Waals surface area contributed by atoms with E-state index in [9.17, 15) is 35.7 Å². The second-order valence-corrected chi connectivity index (χ2v) is 13.0. The van der Waals surface area contributed by atoms with Crippen LogP contribution in [0.3, 0.4) is 0 Å². The monoisotopic (exact) mass is 726 g/mol. The van der Waals surface area contributed by atoms with Crippen molar-refractivity contribution in [2.45, 2.75) is 80.5 Å². The molecule has 0 saturated carbocycles. The van der Waals surface area contributed by atoms with Crippen LogP contribution in [0.15, 0.2) is 24.3 Å². The molecule has 7 N–H and O–H groups in total. The molecular weight excluding hydrogens is 680 g/mol. The van der Waals surface area contributed by atoms with Gasteiger partial charge in [0.25, 0.3) is 0 Å². The van der Waals surface area contributed by atoms with Gasteiger partial charge < -0.3 is 83.1 Å². The number of aromatic hydroxyl groups is 1. The lowest BCUT2D eigenvalue weighted by Crippen LogP contribution is -2.64. The summed E-state index contributed by atoms with van der Waals surface area (Å²) in [6.45, 7) is 1.51. The van der Waals surface area contributed by atoms with Gasteiger partial charge in [0, 0.05) is 11.8 Å². The summed E-state index contributed by atoms with van der Waals surface area (Å²) in [5.74, 6) is 0.658. The molecule has 4 aliphatic rings. The number of benzene rings is 2. The van der Waals surface area contributed by atoms with Gasteiger partial charge in [0.15, 0.2) is 35.4 Å². The highest BCUT2D eigenvalue weighted by Gasteiger charge is 2.52. The number of aliphatic hydroxyl groups excluding tert-OH is 6. The quantitative estimate of drug-likeness (QED) is 0.155. The van der Waals surface area contributed by atoms with E-state index in [0.717, 1.165) is 5.56 Å². The van der Waals surface area contributed by atoms with Crippen molar-refractivity contribution >= 4 is 0 Å². The Morgan fingerprint density at radius 1 is 0.647 bits per heavy atom. The number of fused-ring (bicyclic) bond motifs is 1. The molecule has 6 rings (SSSR count). The molecule has 4 fully saturated rings. The molecule has 2 aromatic rings. The number of methoxy groups -OCH3 is 4. The van der Waals surface area contributed by atoms with Crippen LogP contribution in [0.2, 0.25) is 0 Å². The van der Waals surface area contributed by atoms with Crippen molar-refractivity contribution in [2.75, 3.05) is 48.3 Å². The maximum atomic E-state index is 11.1. The van der Waals surface area contributed by atoms with E-state index in [4.69, 9.17) is 47.4 Å². The van der Waals surface area contributed by atoms with Crippen molar-refractivity contribution in [1.82, 2.24) is 0 Å². The number of ether oxygens (including phenoxy) is 10. The third-order valence-electron chi connectivity index (χ3n) is 10.1. The van der Waals surface area contributed by atoms with Gasteiger partial charge in [-0.05, 0) is 42.3 Å². The van der Waals surface area contributed by atoms with Gasteiger partial charge in [0.2, 0.25) is 17.8 Å². The molecule has 4 saturated heterocycles. The fourth-order valence-electron chi connectivity index (χ4n) is 7.19. The van der Waals surface area contributed by atoms with Crippen molar-refractivity contribution in [3.05, 3.63) is 35.4 Å². The Morgan fingerprint density at radius 3 is 1.65 bits per heavy atom. The third-order valence-corrected chi connectivity index (χ3v) is 10.1. The van der Waals surface area contributed by atoms with Crippen LogP contribution in [0.25, 0.3) is 0 Å². The Labute approximate surface area is 293 Å². The second-order valence-electron chi connectivity index (χ2n) is 13.0. The lowest BCUT2D eigenvalue weighted by Gasteiger charge is -2.45. The summed E-state index contributed by atoms with van der Waals surface area (Å²) in [5, 5.41) is 73.0. The summed E-state index contributed by atoms with van der Waals surface area (Å²) >= 11 is 0. The topological polar surface area (TPSA) is 234 Å². The summed E-state index contributed by atoms with van der Waals surface area (Å²) in [6.07, 6.45) is -15.8. The summed E-state index contributed by atoms with van der Waals surface area (Å²) in [6, 6.07) is 6.83. The molecule has 0 radical (unpaired) electrons. The molecule has 0 bridgehead atoms. The number of hydrogen-bond acceptors (Lipinski definition) is 17. The zero-order valence-corrected chi connectivity index (χ0v) is 28.7. The molecule has 284 valence electrons. The summed E-state index contributed by atoms with van der Waals surface area (Å²) < 4.78 is 58.1. The minimum Gasteiger partial charge on any atom is -0.502 e. The Kier molecular flexibility index (Phi) is 11.4. The lowest BCUT2D eigenvalue weighted by atomic mass is 9.84. The predicted molar refractivity (Wildman–Crippen MR) is 171 cm³/mol. The Hall–Kier alpha value is -3.20. The van der Waals surface area contributed by atoms with E-state index in [1.807, 2.05) is 0 Å². The average Bonchev–Trinajstić information content (AvgIpc) is 3.75. The molecule has 4 unspecified atom stereocenters. The molecule has 0 amide bonds. The molecule has 14 atom stereocenters. The van der Waals surface area contributed by atoms with E-state index in [0.29, 0.717) is 18.8 Å². The van der Waals surface area contributed by atoms with Gasteiger partial charge in [0.05, 0.1) is 66.6 Å². The van der Waals surface area contributed by atoms with Crippen molar-refractivity contribution in [1.29, 1.82) is 0 Å². The highest BCUT2D eigenvalue weighted by molar-refractivity contribution is 5.55. The van der Waals surface area contributed by atoms with Gasteiger partial charge in [-0.15, -0.1) is 0 Å². The van der Waals surface area contributed by atoms with Crippen molar-refractivity contribution in [3.8, 4) is 34.5 Å². The van der Waals surface area contributed by atoms with Gasteiger partial charge >= 0.3 is 0 Å². The zero-order valence-electron chi connectivity index (χ0n) is 28.7. The van der Waals surface area contributed by atoms with E-state index in [-0.39, 0.29) is 52.4 Å². The lowest BCUT2D eigenvalue weighted by molar-refractivity contribution is -0.354. The van der Waals surface area contributed by atoms with Crippen LogP contribution in [0.1, 0.15) is 30.3 Å². The number of phenolic OH excluding ortho intramolecular Hbond substituents is 1. The first-order valence-corrected chi connectivity index (χ1v) is 16.5. The van der Waals surface area contributed by atoms with Gasteiger partial charge in [0.1, 0.15) is 36.6 Å². The molecule has 0 spiro atoms. The molecule has 51 heavy (non-hydrogen) atoms. The number of aliphatic hydroxyl groups is 6. The van der Waals surface area contributed by atoms with Crippen molar-refractivity contribution < 1.29 is 83.1 Å². The van der Waals surface area contributed by atoms with Gasteiger partial charge in [-0.3, -0.25) is 0 Å². The van der Waals surface area contributed by atoms with Crippen LogP contribution in [0, 0.1) is 11.8 Å². The van der Waals surface area contributed by atoms with E-state index in [1.165, 1.54) is 35.4 Å². The maximum absolute atomic E-state index is 11.1. The Morgan fingerprint density at radius 2 is 1.16 bits per heavy atom. The van der Waals surface area contributed by atoms with E-state index < -0.39 is 74.1 Å². The van der Waals surface area contributed by atoms with E-state index in [2.05, 4.69) is 0 Å². The maximum Gasteiger partial charge on any atom is 0.230 e. The van der Waals surface area contributed by atoms with Gasteiger partial charge in [-0.25, -0.2) is 0 Å². The first-order chi connectivity index (χ1) is 24.4. The number of phenols is 1. The number of hydrogen-bond donors (Lipinski definition) is 7. The van der Waals surface area contributed by atoms with E-state index in [1.54, 1.807) is 24.3 Å². The van der Waals surface area contributed by atoms with Crippen LogP contribution < -0.4 is 23.7 Å². The Balaban J connectivity index is 1.26. The van der Waals surface area contributed by atoms with Gasteiger partial charge in [-0.2, -0.15) is 0 Å². The first kappa shape index (κ1) is 37.6. The number of rotatable bonds is 11. The summed E-state index contributed by atoms with van der Waals surface area (Å²) in [7, 11) is 5.73. The standard InChI is InChI=1S/C34H46O17/c1-13-23(36)26(39)28(41)33(48-13)51-32-27(40)25(38)22(10-35)49-34(32)50-31-20(44-4)8-15(9-21(31)45-5)30-17-12-46-29(16(17)11-47-30)14-6-18(42-2)24(37)19(7-14)43-3/h6-9,13,16-17,22-23,25-30,32-41H,10-12H2,1-5H3/t13-,16?,17?,22+,23-,25+,26+,27-,28+,29?,30?,32+,33-,34-/m0/s1. The molecular formula is C34H46O17. The molecule has 17 nitrogen and oxygen atoms in total. The van der Waals surface area contributed by atoms with Crippen LogP contribution in [-0.4, -0.2) is 145 Å². The van der Waals surface area contributed by atoms with Crippen LogP contribution in [0.5, 0.6) is 34.5 Å². The minimum absolute atomic E-state index is 0.0231. The van der Waals surface area contributed by atoms with Gasteiger partial charge in [-0.1, -0.05) is 0 Å². The zero-order chi connectivity index (χ0) is 36.7. The van der Waals surface area contributed by atoms with Crippen LogP contribution >= 0.6 is 0 Å². The first-order valence-electron chi connectivity index (χ1n) is 16.5.